The number of nitriles is 1. The van der Waals surface area contributed by atoms with Gasteiger partial charge in [-0.1, -0.05) is 6.07 Å². The van der Waals surface area contributed by atoms with Crippen LogP contribution in [0, 0.1) is 11.3 Å². The van der Waals surface area contributed by atoms with E-state index in [1.165, 1.54) is 0 Å². The van der Waals surface area contributed by atoms with Crippen LogP contribution in [-0.2, 0) is 11.3 Å². The molecule has 102 valence electrons. The summed E-state index contributed by atoms with van der Waals surface area (Å²) in [6.07, 6.45) is 0.659. The average molecular weight is 262 g/mol. The predicted molar refractivity (Wildman–Crippen MR) is 69.8 cm³/mol. The average Bonchev–Trinajstić information content (AvgIpc) is 2.85. The van der Waals surface area contributed by atoms with Crippen LogP contribution in [0.1, 0.15) is 17.5 Å². The van der Waals surface area contributed by atoms with Gasteiger partial charge < -0.3 is 19.9 Å². The van der Waals surface area contributed by atoms with Crippen molar-refractivity contribution in [2.45, 2.75) is 18.6 Å². The minimum atomic E-state index is -0.759. The van der Waals surface area contributed by atoms with Crippen molar-refractivity contribution in [1.82, 2.24) is 5.32 Å². The number of hydrogen-bond acceptors (Lipinski definition) is 5. The summed E-state index contributed by atoms with van der Waals surface area (Å²) < 4.78 is 10.3. The molecule has 5 heteroatoms. The number of hydrogen-bond donors (Lipinski definition) is 2. The lowest BCUT2D eigenvalue weighted by Crippen LogP contribution is -2.40. The molecule has 1 heterocycles. The third-order valence-electron chi connectivity index (χ3n) is 3.25. The molecule has 2 rings (SSSR count). The highest BCUT2D eigenvalue weighted by Crippen LogP contribution is 2.20. The Labute approximate surface area is 112 Å². The molecule has 1 aliphatic heterocycles. The van der Waals surface area contributed by atoms with Gasteiger partial charge in [0.2, 0.25) is 0 Å². The minimum Gasteiger partial charge on any atom is -0.495 e. The predicted octanol–water partition coefficient (Wildman–Crippen LogP) is 0.808. The summed E-state index contributed by atoms with van der Waals surface area (Å²) in [5.41, 5.74) is 0.745. The lowest BCUT2D eigenvalue weighted by Gasteiger charge is -2.20. The molecule has 0 amide bonds. The van der Waals surface area contributed by atoms with Crippen LogP contribution in [0.5, 0.6) is 5.75 Å². The Morgan fingerprint density at radius 1 is 1.58 bits per heavy atom. The molecule has 1 saturated heterocycles. The Morgan fingerprint density at radius 2 is 2.42 bits per heavy atom. The first kappa shape index (κ1) is 13.8. The third kappa shape index (κ3) is 3.44. The zero-order valence-electron chi connectivity index (χ0n) is 11.0. The molecule has 0 spiro atoms. The van der Waals surface area contributed by atoms with E-state index < -0.39 is 5.60 Å². The van der Waals surface area contributed by atoms with Gasteiger partial charge in [0.25, 0.3) is 0 Å². The van der Waals surface area contributed by atoms with E-state index in [9.17, 15) is 5.11 Å². The molecule has 0 saturated carbocycles. The number of aliphatic hydroxyl groups is 1. The van der Waals surface area contributed by atoms with E-state index in [1.807, 2.05) is 6.07 Å². The number of ether oxygens (including phenoxy) is 2. The van der Waals surface area contributed by atoms with Gasteiger partial charge in [-0.3, -0.25) is 0 Å². The molecule has 0 bridgehead atoms. The first-order chi connectivity index (χ1) is 9.17. The Hall–Kier alpha value is -1.61. The molecule has 19 heavy (non-hydrogen) atoms. The van der Waals surface area contributed by atoms with Crippen LogP contribution in [0.2, 0.25) is 0 Å². The van der Waals surface area contributed by atoms with Gasteiger partial charge in [0, 0.05) is 26.1 Å². The number of nitrogens with zero attached hydrogens (tertiary/aromatic N) is 1. The topological polar surface area (TPSA) is 74.5 Å². The first-order valence-corrected chi connectivity index (χ1v) is 6.25. The van der Waals surface area contributed by atoms with E-state index in [2.05, 4.69) is 11.4 Å². The number of rotatable bonds is 5. The smallest absolute Gasteiger partial charge is 0.136 e. The third-order valence-corrected chi connectivity index (χ3v) is 3.25. The number of methoxy groups -OCH3 is 1. The molecule has 1 aromatic carbocycles. The van der Waals surface area contributed by atoms with Crippen LogP contribution in [0.4, 0.5) is 0 Å². The van der Waals surface area contributed by atoms with Crippen molar-refractivity contribution in [2.75, 3.05) is 26.9 Å². The van der Waals surface area contributed by atoms with Crippen LogP contribution < -0.4 is 10.1 Å². The molecule has 1 fully saturated rings. The van der Waals surface area contributed by atoms with Gasteiger partial charge in [-0.25, -0.2) is 0 Å². The maximum absolute atomic E-state index is 10.1. The molecule has 0 aromatic heterocycles. The quantitative estimate of drug-likeness (QED) is 0.821. The summed E-state index contributed by atoms with van der Waals surface area (Å²) in [6.45, 7) is 2.08. The molecule has 1 aromatic rings. The van der Waals surface area contributed by atoms with E-state index in [-0.39, 0.29) is 0 Å². The Bertz CT molecular complexity index is 476. The summed E-state index contributed by atoms with van der Waals surface area (Å²) in [5, 5.41) is 22.3. The van der Waals surface area contributed by atoms with E-state index in [4.69, 9.17) is 14.7 Å². The van der Waals surface area contributed by atoms with Crippen molar-refractivity contribution in [3.05, 3.63) is 29.3 Å². The summed E-state index contributed by atoms with van der Waals surface area (Å²) in [6, 6.07) is 7.58. The summed E-state index contributed by atoms with van der Waals surface area (Å²) in [7, 11) is 1.55. The van der Waals surface area contributed by atoms with Gasteiger partial charge in [-0.05, 0) is 17.7 Å². The largest absolute Gasteiger partial charge is 0.495 e. The summed E-state index contributed by atoms with van der Waals surface area (Å²) >= 11 is 0. The summed E-state index contributed by atoms with van der Waals surface area (Å²) in [5.74, 6) is 0.578. The zero-order valence-corrected chi connectivity index (χ0v) is 11.0. The van der Waals surface area contributed by atoms with Crippen molar-refractivity contribution < 1.29 is 14.6 Å². The molecule has 1 aliphatic rings. The fraction of sp³-hybridized carbons (Fsp3) is 0.500. The Morgan fingerprint density at radius 3 is 3.05 bits per heavy atom. The second-order valence-corrected chi connectivity index (χ2v) is 4.78. The number of nitrogens with one attached hydrogen (secondary N) is 1. The van der Waals surface area contributed by atoms with Crippen molar-refractivity contribution in [3.63, 3.8) is 0 Å². The lowest BCUT2D eigenvalue weighted by molar-refractivity contribution is 0.0268. The fourth-order valence-corrected chi connectivity index (χ4v) is 2.13. The maximum Gasteiger partial charge on any atom is 0.136 e. The lowest BCUT2D eigenvalue weighted by atomic mass is 10.0. The highest BCUT2D eigenvalue weighted by Gasteiger charge is 2.31. The van der Waals surface area contributed by atoms with E-state index >= 15 is 0 Å². The second-order valence-electron chi connectivity index (χ2n) is 4.78. The van der Waals surface area contributed by atoms with Gasteiger partial charge >= 0.3 is 0 Å². The minimum absolute atomic E-state index is 0.381. The molecular weight excluding hydrogens is 244 g/mol. The normalized spacial score (nSPS) is 22.2. The first-order valence-electron chi connectivity index (χ1n) is 6.25. The van der Waals surface area contributed by atoms with Crippen LogP contribution in [0.3, 0.4) is 0 Å². The van der Waals surface area contributed by atoms with Crippen molar-refractivity contribution >= 4 is 0 Å². The highest BCUT2D eigenvalue weighted by molar-refractivity contribution is 5.45. The van der Waals surface area contributed by atoms with E-state index in [0.29, 0.717) is 44.0 Å². The molecule has 5 nitrogen and oxygen atoms in total. The standard InChI is InChI=1S/C14H18N2O3/c1-18-13-3-2-11(6-12(13)7-15)8-16-9-14(17)4-5-19-10-14/h2-3,6,16-17H,4-5,8-10H2,1H3. The van der Waals surface area contributed by atoms with Gasteiger partial charge in [-0.2, -0.15) is 5.26 Å². The van der Waals surface area contributed by atoms with Gasteiger partial charge in [0.05, 0.1) is 19.3 Å². The monoisotopic (exact) mass is 262 g/mol. The molecule has 1 atom stereocenters. The van der Waals surface area contributed by atoms with Crippen LogP contribution in [0.15, 0.2) is 18.2 Å². The van der Waals surface area contributed by atoms with Gasteiger partial charge in [0.1, 0.15) is 17.4 Å². The summed E-state index contributed by atoms with van der Waals surface area (Å²) in [4.78, 5) is 0. The molecule has 0 radical (unpaired) electrons. The second kappa shape index (κ2) is 6.02. The zero-order chi connectivity index (χ0) is 13.7. The van der Waals surface area contributed by atoms with Crippen LogP contribution in [-0.4, -0.2) is 37.6 Å². The van der Waals surface area contributed by atoms with Crippen molar-refractivity contribution in [3.8, 4) is 11.8 Å². The van der Waals surface area contributed by atoms with E-state index in [0.717, 1.165) is 5.56 Å². The van der Waals surface area contributed by atoms with Crippen LogP contribution in [0.25, 0.3) is 0 Å². The van der Waals surface area contributed by atoms with E-state index in [1.54, 1.807) is 19.2 Å². The highest BCUT2D eigenvalue weighted by atomic mass is 16.5. The fourth-order valence-electron chi connectivity index (χ4n) is 2.13. The van der Waals surface area contributed by atoms with Crippen molar-refractivity contribution in [1.29, 1.82) is 5.26 Å². The van der Waals surface area contributed by atoms with Crippen LogP contribution >= 0.6 is 0 Å². The molecule has 2 N–H and O–H groups in total. The van der Waals surface area contributed by atoms with Gasteiger partial charge in [-0.15, -0.1) is 0 Å². The van der Waals surface area contributed by atoms with Gasteiger partial charge in [0.15, 0.2) is 0 Å². The molecular formula is C14H18N2O3. The van der Waals surface area contributed by atoms with Crippen molar-refractivity contribution in [2.24, 2.45) is 0 Å². The molecule has 0 aliphatic carbocycles. The molecule has 1 unspecified atom stereocenters. The Balaban J connectivity index is 1.91. The Kier molecular flexibility index (Phi) is 4.38. The number of benzene rings is 1. The maximum atomic E-state index is 10.1. The SMILES string of the molecule is COc1ccc(CNCC2(O)CCOC2)cc1C#N.